The van der Waals surface area contributed by atoms with E-state index in [0.29, 0.717) is 6.42 Å². The van der Waals surface area contributed by atoms with Crippen LogP contribution in [0.1, 0.15) is 32.2 Å². The van der Waals surface area contributed by atoms with Gasteiger partial charge >= 0.3 is 5.97 Å². The average molecular weight is 260 g/mol. The number of rotatable bonds is 6. The molecule has 6 nitrogen and oxygen atoms in total. The van der Waals surface area contributed by atoms with Gasteiger partial charge < -0.3 is 5.11 Å². The zero-order chi connectivity index (χ0) is 13.1. The average Bonchev–Trinajstić information content (AvgIpc) is 2.66. The standard InChI is InChI=1S/C10H16N2O4S/c1-3-4-5-9(10(13)14)12-7-8(6-11-12)17(2,15)16/h6-7,9H,3-5H2,1-2H3,(H,13,14). The van der Waals surface area contributed by atoms with Crippen molar-refractivity contribution in [3.63, 3.8) is 0 Å². The highest BCUT2D eigenvalue weighted by Crippen LogP contribution is 2.17. The molecule has 0 bridgehead atoms. The number of unbranched alkanes of at least 4 members (excludes halogenated alkanes) is 1. The van der Waals surface area contributed by atoms with Gasteiger partial charge in [-0.15, -0.1) is 0 Å². The van der Waals surface area contributed by atoms with Gasteiger partial charge in [0, 0.05) is 12.5 Å². The van der Waals surface area contributed by atoms with Crippen molar-refractivity contribution >= 4 is 15.8 Å². The van der Waals surface area contributed by atoms with Crippen LogP contribution >= 0.6 is 0 Å². The Morgan fingerprint density at radius 2 is 2.24 bits per heavy atom. The van der Waals surface area contributed by atoms with Crippen molar-refractivity contribution in [3.8, 4) is 0 Å². The Hall–Kier alpha value is -1.37. The van der Waals surface area contributed by atoms with Gasteiger partial charge in [-0.1, -0.05) is 19.8 Å². The van der Waals surface area contributed by atoms with Crippen LogP contribution in [-0.4, -0.2) is 35.5 Å². The molecule has 0 aromatic carbocycles. The maximum absolute atomic E-state index is 11.3. The second kappa shape index (κ2) is 5.31. The van der Waals surface area contributed by atoms with Gasteiger partial charge in [-0.3, -0.25) is 4.68 Å². The quantitative estimate of drug-likeness (QED) is 0.827. The van der Waals surface area contributed by atoms with Gasteiger partial charge in [-0.25, -0.2) is 13.2 Å². The van der Waals surface area contributed by atoms with E-state index in [1.807, 2.05) is 6.92 Å². The Morgan fingerprint density at radius 1 is 1.59 bits per heavy atom. The third-order valence-corrected chi connectivity index (χ3v) is 3.51. The maximum Gasteiger partial charge on any atom is 0.328 e. The summed E-state index contributed by atoms with van der Waals surface area (Å²) in [5, 5.41) is 12.9. The number of carboxylic acids is 1. The van der Waals surface area contributed by atoms with E-state index >= 15 is 0 Å². The second-order valence-corrected chi connectivity index (χ2v) is 5.94. The lowest BCUT2D eigenvalue weighted by Crippen LogP contribution is -2.19. The first-order chi connectivity index (χ1) is 7.86. The topological polar surface area (TPSA) is 89.3 Å². The van der Waals surface area contributed by atoms with Crippen molar-refractivity contribution in [2.75, 3.05) is 6.26 Å². The summed E-state index contributed by atoms with van der Waals surface area (Å²) >= 11 is 0. The molecule has 0 aliphatic heterocycles. The zero-order valence-corrected chi connectivity index (χ0v) is 10.6. The highest BCUT2D eigenvalue weighted by molar-refractivity contribution is 7.90. The number of sulfone groups is 1. The summed E-state index contributed by atoms with van der Waals surface area (Å²) in [5.41, 5.74) is 0. The fourth-order valence-electron chi connectivity index (χ4n) is 1.45. The summed E-state index contributed by atoms with van der Waals surface area (Å²) in [7, 11) is -3.34. The van der Waals surface area contributed by atoms with Crippen LogP contribution in [0.25, 0.3) is 0 Å². The molecule has 17 heavy (non-hydrogen) atoms. The molecular weight excluding hydrogens is 244 g/mol. The Labute approximate surface area is 100 Å². The van der Waals surface area contributed by atoms with Crippen LogP contribution in [0, 0.1) is 0 Å². The van der Waals surface area contributed by atoms with E-state index in [1.54, 1.807) is 0 Å². The zero-order valence-electron chi connectivity index (χ0n) is 9.83. The predicted octanol–water partition coefficient (Wildman–Crippen LogP) is 1.10. The molecule has 1 rings (SSSR count). The van der Waals surface area contributed by atoms with Gasteiger partial charge in [0.2, 0.25) is 0 Å². The summed E-state index contributed by atoms with van der Waals surface area (Å²) in [6.45, 7) is 1.96. The molecular formula is C10H16N2O4S. The third-order valence-electron chi connectivity index (χ3n) is 2.44. The molecule has 1 aromatic heterocycles. The van der Waals surface area contributed by atoms with E-state index in [0.717, 1.165) is 19.1 Å². The van der Waals surface area contributed by atoms with E-state index in [1.165, 1.54) is 17.1 Å². The lowest BCUT2D eigenvalue weighted by molar-refractivity contribution is -0.141. The van der Waals surface area contributed by atoms with Crippen LogP contribution in [0.5, 0.6) is 0 Å². The van der Waals surface area contributed by atoms with Crippen LogP contribution < -0.4 is 0 Å². The Bertz CT molecular complexity index is 492. The van der Waals surface area contributed by atoms with Crippen molar-refractivity contribution in [1.82, 2.24) is 9.78 Å². The molecule has 0 aliphatic carbocycles. The van der Waals surface area contributed by atoms with Crippen molar-refractivity contribution in [2.24, 2.45) is 0 Å². The SMILES string of the molecule is CCCCC(C(=O)O)n1cc(S(C)(=O)=O)cn1. The molecule has 1 atom stereocenters. The number of aromatic nitrogens is 2. The van der Waals surface area contributed by atoms with Crippen LogP contribution in [0.3, 0.4) is 0 Å². The molecule has 0 spiro atoms. The highest BCUT2D eigenvalue weighted by Gasteiger charge is 2.21. The smallest absolute Gasteiger partial charge is 0.328 e. The molecule has 1 N–H and O–H groups in total. The van der Waals surface area contributed by atoms with E-state index in [4.69, 9.17) is 5.11 Å². The number of nitrogens with zero attached hydrogens (tertiary/aromatic N) is 2. The molecule has 0 saturated heterocycles. The Kier molecular flexibility index (Phi) is 4.28. The lowest BCUT2D eigenvalue weighted by Gasteiger charge is -2.11. The summed E-state index contributed by atoms with van der Waals surface area (Å²) in [6.07, 6.45) is 5.59. The van der Waals surface area contributed by atoms with E-state index in [9.17, 15) is 13.2 Å². The molecule has 1 aromatic rings. The van der Waals surface area contributed by atoms with Crippen LogP contribution in [-0.2, 0) is 14.6 Å². The largest absolute Gasteiger partial charge is 0.480 e. The number of hydrogen-bond donors (Lipinski definition) is 1. The molecule has 0 radical (unpaired) electrons. The van der Waals surface area contributed by atoms with Crippen LogP contribution in [0.2, 0.25) is 0 Å². The molecule has 7 heteroatoms. The first-order valence-electron chi connectivity index (χ1n) is 5.33. The van der Waals surface area contributed by atoms with Crippen molar-refractivity contribution in [1.29, 1.82) is 0 Å². The summed E-state index contributed by atoms with van der Waals surface area (Å²) in [5.74, 6) is -0.999. The Morgan fingerprint density at radius 3 is 2.65 bits per heavy atom. The van der Waals surface area contributed by atoms with Gasteiger partial charge in [0.1, 0.15) is 10.9 Å². The molecule has 0 amide bonds. The monoisotopic (exact) mass is 260 g/mol. The minimum Gasteiger partial charge on any atom is -0.480 e. The van der Waals surface area contributed by atoms with Gasteiger partial charge in [0.15, 0.2) is 9.84 Å². The van der Waals surface area contributed by atoms with E-state index < -0.39 is 21.8 Å². The van der Waals surface area contributed by atoms with Crippen molar-refractivity contribution in [3.05, 3.63) is 12.4 Å². The van der Waals surface area contributed by atoms with E-state index in [2.05, 4.69) is 5.10 Å². The first-order valence-corrected chi connectivity index (χ1v) is 7.22. The molecule has 0 saturated carbocycles. The maximum atomic E-state index is 11.3. The Balaban J connectivity index is 2.96. The number of carboxylic acid groups (broad SMARTS) is 1. The normalized spacial score (nSPS) is 13.5. The number of hydrogen-bond acceptors (Lipinski definition) is 4. The minimum atomic E-state index is -3.34. The van der Waals surface area contributed by atoms with Crippen molar-refractivity contribution in [2.45, 2.75) is 37.1 Å². The van der Waals surface area contributed by atoms with Gasteiger partial charge in [0.05, 0.1) is 6.20 Å². The van der Waals surface area contributed by atoms with Gasteiger partial charge in [-0.05, 0) is 6.42 Å². The summed E-state index contributed by atoms with van der Waals surface area (Å²) in [4.78, 5) is 11.1. The van der Waals surface area contributed by atoms with Crippen LogP contribution in [0.15, 0.2) is 17.3 Å². The lowest BCUT2D eigenvalue weighted by atomic mass is 10.1. The minimum absolute atomic E-state index is 0.0419. The third kappa shape index (κ3) is 3.55. The molecule has 1 heterocycles. The second-order valence-electron chi connectivity index (χ2n) is 3.92. The fraction of sp³-hybridized carbons (Fsp3) is 0.600. The molecule has 1 unspecified atom stereocenters. The summed E-state index contributed by atoms with van der Waals surface area (Å²) < 4.78 is 23.7. The van der Waals surface area contributed by atoms with Gasteiger partial charge in [-0.2, -0.15) is 5.10 Å². The molecule has 0 aliphatic rings. The number of carbonyl (C=O) groups is 1. The first kappa shape index (κ1) is 13.7. The van der Waals surface area contributed by atoms with E-state index in [-0.39, 0.29) is 4.90 Å². The van der Waals surface area contributed by atoms with Gasteiger partial charge in [0.25, 0.3) is 0 Å². The molecule has 0 fully saturated rings. The van der Waals surface area contributed by atoms with Crippen LogP contribution in [0.4, 0.5) is 0 Å². The molecule has 96 valence electrons. The predicted molar refractivity (Wildman–Crippen MR) is 61.5 cm³/mol. The number of aliphatic carboxylic acids is 1. The van der Waals surface area contributed by atoms with Crippen molar-refractivity contribution < 1.29 is 18.3 Å². The fourth-order valence-corrected chi connectivity index (χ4v) is 1.99. The highest BCUT2D eigenvalue weighted by atomic mass is 32.2. The summed E-state index contributed by atoms with van der Waals surface area (Å²) in [6, 6.07) is -0.801.